The second-order valence-corrected chi connectivity index (χ2v) is 7.27. The Labute approximate surface area is 199 Å². The number of aliphatic hydroxyl groups is 2. The quantitative estimate of drug-likeness (QED) is 0.135. The predicted octanol–water partition coefficient (Wildman–Crippen LogP) is 3.48. The van der Waals surface area contributed by atoms with Crippen LogP contribution < -0.4 is 0 Å². The minimum atomic E-state index is -6.90. The highest BCUT2D eigenvalue weighted by atomic mass is 19.4. The zero-order valence-corrected chi connectivity index (χ0v) is 18.8. The van der Waals surface area contributed by atoms with Gasteiger partial charge in [-0.05, 0) is 12.8 Å². The van der Waals surface area contributed by atoms with Crippen molar-refractivity contribution in [3.8, 4) is 0 Å². The maximum Gasteiger partial charge on any atom is 0.462 e. The number of hydrogen-bond acceptors (Lipinski definition) is 7. The molecule has 0 spiro atoms. The number of hydrogen-bond donors (Lipinski definition) is 2. The first-order valence-corrected chi connectivity index (χ1v) is 10.3. The fourth-order valence-electron chi connectivity index (χ4n) is 2.15. The average molecular weight is 558 g/mol. The molecule has 7 nitrogen and oxygen atoms in total. The highest BCUT2D eigenvalue weighted by Gasteiger charge is 2.75. The number of aliphatic hydroxyl groups excluding tert-OH is 2. The summed E-state index contributed by atoms with van der Waals surface area (Å²) in [6, 6.07) is 0. The van der Waals surface area contributed by atoms with E-state index in [1.807, 2.05) is 0 Å². The fraction of sp³-hybridized carbons (Fsp3) is 0.895. The summed E-state index contributed by atoms with van der Waals surface area (Å²) in [7, 11) is 0. The molecule has 0 aliphatic heterocycles. The molecule has 0 fully saturated rings. The van der Waals surface area contributed by atoms with E-state index in [9.17, 15) is 54.1 Å². The van der Waals surface area contributed by atoms with Crippen molar-refractivity contribution in [3.05, 3.63) is 12.7 Å². The standard InChI is InChI=1S/C19H28F10O7/c1-2-5-32-8-13(30)9-33-6-3-4-7-34-10-14(31)11-35-12-15(16(20,21)22)36-19(28,29)17(23,24)18(25,26)27/h2,13-15,30-31H,1,3-12H2. The van der Waals surface area contributed by atoms with Gasteiger partial charge in [-0.25, -0.2) is 0 Å². The van der Waals surface area contributed by atoms with Crippen LogP contribution in [0.4, 0.5) is 43.9 Å². The van der Waals surface area contributed by atoms with Crippen LogP contribution in [0.2, 0.25) is 0 Å². The number of ether oxygens (including phenoxy) is 5. The Morgan fingerprint density at radius 2 is 1.11 bits per heavy atom. The zero-order valence-electron chi connectivity index (χ0n) is 18.8. The third kappa shape index (κ3) is 13.3. The van der Waals surface area contributed by atoms with Gasteiger partial charge in [0.2, 0.25) is 0 Å². The van der Waals surface area contributed by atoms with E-state index >= 15 is 0 Å². The van der Waals surface area contributed by atoms with E-state index in [1.54, 1.807) is 0 Å². The lowest BCUT2D eigenvalue weighted by atomic mass is 10.3. The molecule has 0 amide bonds. The highest BCUT2D eigenvalue weighted by Crippen LogP contribution is 2.48. The Morgan fingerprint density at radius 1 is 0.667 bits per heavy atom. The summed E-state index contributed by atoms with van der Waals surface area (Å²) in [6.07, 6.45) is -23.0. The Balaban J connectivity index is 4.23. The molecule has 2 N–H and O–H groups in total. The van der Waals surface area contributed by atoms with E-state index in [0.29, 0.717) is 12.8 Å². The Morgan fingerprint density at radius 3 is 1.53 bits per heavy atom. The van der Waals surface area contributed by atoms with Gasteiger partial charge in [0.05, 0.1) is 39.6 Å². The van der Waals surface area contributed by atoms with Crippen LogP contribution in [0.5, 0.6) is 0 Å². The number of unbranched alkanes of at least 4 members (excludes halogenated alkanes) is 1. The smallest absolute Gasteiger partial charge is 0.388 e. The van der Waals surface area contributed by atoms with Gasteiger partial charge in [0.25, 0.3) is 0 Å². The first-order chi connectivity index (χ1) is 16.5. The molecule has 36 heavy (non-hydrogen) atoms. The van der Waals surface area contributed by atoms with Gasteiger partial charge in [-0.1, -0.05) is 6.08 Å². The number of rotatable bonds is 20. The molecule has 0 aliphatic rings. The van der Waals surface area contributed by atoms with E-state index < -0.39 is 62.5 Å². The van der Waals surface area contributed by atoms with Crippen molar-refractivity contribution in [1.82, 2.24) is 0 Å². The molecular weight excluding hydrogens is 530 g/mol. The molecule has 0 saturated carbocycles. The first kappa shape index (κ1) is 34.8. The molecule has 216 valence electrons. The minimum absolute atomic E-state index is 0.0243. The second-order valence-electron chi connectivity index (χ2n) is 7.27. The maximum absolute atomic E-state index is 13.1. The lowest BCUT2D eigenvalue weighted by Gasteiger charge is -2.31. The van der Waals surface area contributed by atoms with Crippen molar-refractivity contribution in [1.29, 1.82) is 0 Å². The van der Waals surface area contributed by atoms with Crippen LogP contribution in [0.15, 0.2) is 12.7 Å². The van der Waals surface area contributed by atoms with Crippen LogP contribution in [-0.2, 0) is 23.7 Å². The van der Waals surface area contributed by atoms with Gasteiger partial charge in [0.1, 0.15) is 12.2 Å². The van der Waals surface area contributed by atoms with E-state index in [4.69, 9.17) is 14.2 Å². The summed E-state index contributed by atoms with van der Waals surface area (Å²) in [6.45, 7) is 0.802. The first-order valence-electron chi connectivity index (χ1n) is 10.3. The molecule has 0 aliphatic carbocycles. The minimum Gasteiger partial charge on any atom is -0.388 e. The summed E-state index contributed by atoms with van der Waals surface area (Å²) in [5.41, 5.74) is 0. The normalized spacial score (nSPS) is 16.1. The van der Waals surface area contributed by atoms with E-state index in [2.05, 4.69) is 16.1 Å². The molecular formula is C19H28F10O7. The fourth-order valence-corrected chi connectivity index (χ4v) is 2.15. The van der Waals surface area contributed by atoms with Gasteiger partial charge in [0, 0.05) is 13.2 Å². The lowest BCUT2D eigenvalue weighted by Crippen LogP contribution is -2.56. The third-order valence-corrected chi connectivity index (χ3v) is 3.95. The molecule has 17 heteroatoms. The average Bonchev–Trinajstić information content (AvgIpc) is 2.73. The van der Waals surface area contributed by atoms with Crippen LogP contribution in [0.3, 0.4) is 0 Å². The molecule has 0 aromatic rings. The van der Waals surface area contributed by atoms with Crippen molar-refractivity contribution in [2.24, 2.45) is 0 Å². The molecule has 3 atom stereocenters. The molecule has 0 saturated heterocycles. The Kier molecular flexibility index (Phi) is 15.3. The predicted molar refractivity (Wildman–Crippen MR) is 102 cm³/mol. The monoisotopic (exact) mass is 558 g/mol. The molecule has 0 radical (unpaired) electrons. The Bertz CT molecular complexity index is 602. The van der Waals surface area contributed by atoms with Crippen molar-refractivity contribution in [2.45, 2.75) is 55.5 Å². The zero-order chi connectivity index (χ0) is 28.0. The summed E-state index contributed by atoms with van der Waals surface area (Å²) < 4.78 is 149. The SMILES string of the molecule is C=CCOCC(O)COCCCCOCC(O)COCC(OC(F)(F)C(F)(F)C(F)(F)F)C(F)(F)F. The van der Waals surface area contributed by atoms with Crippen LogP contribution in [0, 0.1) is 0 Å². The molecule has 0 aromatic carbocycles. The van der Waals surface area contributed by atoms with Crippen molar-refractivity contribution >= 4 is 0 Å². The molecule has 0 aromatic heterocycles. The van der Waals surface area contributed by atoms with Gasteiger partial charge >= 0.3 is 24.4 Å². The lowest BCUT2D eigenvalue weighted by molar-refractivity contribution is -0.447. The van der Waals surface area contributed by atoms with Gasteiger partial charge in [-0.15, -0.1) is 6.58 Å². The molecule has 0 bridgehead atoms. The highest BCUT2D eigenvalue weighted by molar-refractivity contribution is 4.86. The third-order valence-electron chi connectivity index (χ3n) is 3.95. The van der Waals surface area contributed by atoms with Gasteiger partial charge in [0.15, 0.2) is 6.10 Å². The summed E-state index contributed by atoms with van der Waals surface area (Å²) >= 11 is 0. The summed E-state index contributed by atoms with van der Waals surface area (Å²) in [5, 5.41) is 19.1. The van der Waals surface area contributed by atoms with Gasteiger partial charge in [-0.3, -0.25) is 4.74 Å². The largest absolute Gasteiger partial charge is 0.462 e. The number of halogens is 10. The van der Waals surface area contributed by atoms with Gasteiger partial charge in [-0.2, -0.15) is 43.9 Å². The van der Waals surface area contributed by atoms with E-state index in [1.165, 1.54) is 6.08 Å². The van der Waals surface area contributed by atoms with E-state index in [0.717, 1.165) is 0 Å². The second kappa shape index (κ2) is 15.9. The summed E-state index contributed by atoms with van der Waals surface area (Å²) in [5.74, 6) is -6.90. The van der Waals surface area contributed by atoms with Gasteiger partial charge < -0.3 is 29.2 Å². The van der Waals surface area contributed by atoms with Crippen molar-refractivity contribution in [2.75, 3.05) is 52.9 Å². The van der Waals surface area contributed by atoms with Crippen molar-refractivity contribution in [3.63, 3.8) is 0 Å². The maximum atomic E-state index is 13.1. The molecule has 0 rings (SSSR count). The van der Waals surface area contributed by atoms with Crippen LogP contribution in [-0.4, -0.2) is 106 Å². The van der Waals surface area contributed by atoms with Crippen molar-refractivity contribution < 1.29 is 77.8 Å². The van der Waals surface area contributed by atoms with Crippen LogP contribution in [0.25, 0.3) is 0 Å². The molecule has 3 unspecified atom stereocenters. The number of alkyl halides is 10. The van der Waals surface area contributed by atoms with E-state index in [-0.39, 0.29) is 33.0 Å². The van der Waals surface area contributed by atoms with Crippen LogP contribution >= 0.6 is 0 Å². The Hall–Kier alpha value is -1.24. The topological polar surface area (TPSA) is 86.6 Å². The molecule has 0 heterocycles. The van der Waals surface area contributed by atoms with Crippen LogP contribution in [0.1, 0.15) is 12.8 Å². The summed E-state index contributed by atoms with van der Waals surface area (Å²) in [4.78, 5) is 0.